The van der Waals surface area contributed by atoms with Gasteiger partial charge in [0, 0.05) is 11.5 Å². The third-order valence-electron chi connectivity index (χ3n) is 3.37. The van der Waals surface area contributed by atoms with Gasteiger partial charge in [0.25, 0.3) is 0 Å². The van der Waals surface area contributed by atoms with E-state index in [-0.39, 0.29) is 18.0 Å². The van der Waals surface area contributed by atoms with E-state index in [0.29, 0.717) is 5.56 Å². The van der Waals surface area contributed by atoms with Crippen LogP contribution in [0.1, 0.15) is 30.5 Å². The largest absolute Gasteiger partial charge is 0.375 e. The number of hydrogen-bond acceptors (Lipinski definition) is 3. The monoisotopic (exact) mass is 283 g/mol. The summed E-state index contributed by atoms with van der Waals surface area (Å²) in [6.45, 7) is 5.72. The van der Waals surface area contributed by atoms with Gasteiger partial charge in [0.15, 0.2) is 0 Å². The minimum Gasteiger partial charge on any atom is -0.375 e. The molecule has 1 heterocycles. The van der Waals surface area contributed by atoms with Crippen LogP contribution in [0.25, 0.3) is 0 Å². The fourth-order valence-electron chi connectivity index (χ4n) is 2.32. The van der Waals surface area contributed by atoms with Crippen molar-refractivity contribution in [2.24, 2.45) is 0 Å². The van der Waals surface area contributed by atoms with Gasteiger partial charge in [-0.15, -0.1) is 0 Å². The van der Waals surface area contributed by atoms with E-state index in [1.807, 2.05) is 30.8 Å². The summed E-state index contributed by atoms with van der Waals surface area (Å²) in [5.41, 5.74) is 1.82. The minimum absolute atomic E-state index is 0.142. The van der Waals surface area contributed by atoms with Gasteiger partial charge < -0.3 is 10.1 Å². The summed E-state index contributed by atoms with van der Waals surface area (Å²) in [4.78, 5) is 0. The summed E-state index contributed by atoms with van der Waals surface area (Å²) in [6, 6.07) is 5.53. The molecule has 0 saturated carbocycles. The van der Waals surface area contributed by atoms with Crippen LogP contribution < -0.4 is 5.32 Å². The van der Waals surface area contributed by atoms with Crippen molar-refractivity contribution >= 4 is 11.8 Å². The highest BCUT2D eigenvalue weighted by Gasteiger charge is 2.26. The van der Waals surface area contributed by atoms with E-state index in [0.717, 1.165) is 36.6 Å². The maximum absolute atomic E-state index is 13.4. The van der Waals surface area contributed by atoms with Crippen molar-refractivity contribution in [3.8, 4) is 0 Å². The summed E-state index contributed by atoms with van der Waals surface area (Å²) in [5.74, 6) is 1.92. The zero-order valence-corrected chi connectivity index (χ0v) is 12.4. The van der Waals surface area contributed by atoms with Crippen LogP contribution in [0.4, 0.5) is 4.39 Å². The minimum atomic E-state index is -0.142. The number of thioether (sulfide) groups is 1. The molecule has 106 valence electrons. The lowest BCUT2D eigenvalue weighted by molar-refractivity contribution is 0.0468. The zero-order valence-electron chi connectivity index (χ0n) is 11.6. The van der Waals surface area contributed by atoms with Gasteiger partial charge in [0.2, 0.25) is 0 Å². The van der Waals surface area contributed by atoms with Gasteiger partial charge >= 0.3 is 0 Å². The molecule has 2 nitrogen and oxygen atoms in total. The number of halogens is 1. The first kappa shape index (κ1) is 14.8. The molecule has 1 aliphatic rings. The summed E-state index contributed by atoms with van der Waals surface area (Å²) in [6.07, 6.45) is 1.26. The fraction of sp³-hybridized carbons (Fsp3) is 0.600. The number of rotatable bonds is 5. The van der Waals surface area contributed by atoms with Crippen LogP contribution >= 0.6 is 11.8 Å². The number of hydrogen-bond donors (Lipinski definition) is 1. The number of nitrogens with one attached hydrogen (secondary N) is 1. The maximum atomic E-state index is 13.4. The highest BCUT2D eigenvalue weighted by molar-refractivity contribution is 7.99. The summed E-state index contributed by atoms with van der Waals surface area (Å²) in [5, 5.41) is 3.54. The quantitative estimate of drug-likeness (QED) is 0.896. The second-order valence-corrected chi connectivity index (χ2v) is 6.07. The molecule has 0 aromatic heterocycles. The SMILES string of the molecule is CCCNC(c1ccc(F)c(C)c1)C1CSCCO1. The van der Waals surface area contributed by atoms with Crippen LogP contribution in [-0.2, 0) is 4.74 Å². The Bertz CT molecular complexity index is 407. The van der Waals surface area contributed by atoms with E-state index < -0.39 is 0 Å². The van der Waals surface area contributed by atoms with Crippen molar-refractivity contribution in [1.29, 1.82) is 0 Å². The average molecular weight is 283 g/mol. The topological polar surface area (TPSA) is 21.3 Å². The van der Waals surface area contributed by atoms with Crippen LogP contribution in [0.15, 0.2) is 18.2 Å². The number of ether oxygens (including phenoxy) is 1. The molecule has 19 heavy (non-hydrogen) atoms. The van der Waals surface area contributed by atoms with E-state index in [9.17, 15) is 4.39 Å². The predicted octanol–water partition coefficient (Wildman–Crippen LogP) is 3.31. The second-order valence-electron chi connectivity index (χ2n) is 4.92. The van der Waals surface area contributed by atoms with Crippen molar-refractivity contribution < 1.29 is 9.13 Å². The van der Waals surface area contributed by atoms with Crippen LogP contribution in [0, 0.1) is 12.7 Å². The maximum Gasteiger partial charge on any atom is 0.126 e. The summed E-state index contributed by atoms with van der Waals surface area (Å²) in [7, 11) is 0. The Morgan fingerprint density at radius 3 is 3.00 bits per heavy atom. The van der Waals surface area contributed by atoms with E-state index in [1.165, 1.54) is 0 Å². The summed E-state index contributed by atoms with van der Waals surface area (Å²) >= 11 is 1.93. The standard InChI is InChI=1S/C15H22FNOS/c1-3-6-17-15(14-10-19-8-7-18-14)12-4-5-13(16)11(2)9-12/h4-5,9,14-15,17H,3,6-8,10H2,1-2H3. The molecule has 2 atom stereocenters. The highest BCUT2D eigenvalue weighted by Crippen LogP contribution is 2.26. The molecular formula is C15H22FNOS. The molecule has 1 aromatic rings. The van der Waals surface area contributed by atoms with E-state index >= 15 is 0 Å². The Balaban J connectivity index is 2.17. The lowest BCUT2D eigenvalue weighted by Crippen LogP contribution is -2.38. The lowest BCUT2D eigenvalue weighted by atomic mass is 9.99. The van der Waals surface area contributed by atoms with Gasteiger partial charge in [0.05, 0.1) is 18.8 Å². The van der Waals surface area contributed by atoms with Crippen LogP contribution in [0.3, 0.4) is 0 Å². The molecule has 1 fully saturated rings. The van der Waals surface area contributed by atoms with E-state index in [4.69, 9.17) is 4.74 Å². The second kappa shape index (κ2) is 7.27. The zero-order chi connectivity index (χ0) is 13.7. The summed E-state index contributed by atoms with van der Waals surface area (Å²) < 4.78 is 19.3. The molecule has 0 spiro atoms. The van der Waals surface area contributed by atoms with E-state index in [1.54, 1.807) is 6.07 Å². The molecule has 1 N–H and O–H groups in total. The molecule has 4 heteroatoms. The van der Waals surface area contributed by atoms with Gasteiger partial charge in [-0.25, -0.2) is 4.39 Å². The molecule has 1 aromatic carbocycles. The van der Waals surface area contributed by atoms with Gasteiger partial charge in [-0.3, -0.25) is 0 Å². The Kier molecular flexibility index (Phi) is 5.67. The van der Waals surface area contributed by atoms with Gasteiger partial charge in [-0.1, -0.05) is 19.1 Å². The van der Waals surface area contributed by atoms with Crippen molar-refractivity contribution in [3.63, 3.8) is 0 Å². The average Bonchev–Trinajstić information content (AvgIpc) is 2.44. The number of aryl methyl sites for hydroxylation is 1. The van der Waals surface area contributed by atoms with Crippen LogP contribution in [-0.4, -0.2) is 30.8 Å². The van der Waals surface area contributed by atoms with Gasteiger partial charge in [0.1, 0.15) is 5.82 Å². The fourth-order valence-corrected chi connectivity index (χ4v) is 3.23. The van der Waals surface area contributed by atoms with Crippen molar-refractivity contribution in [2.75, 3.05) is 24.7 Å². The highest BCUT2D eigenvalue weighted by atomic mass is 32.2. The molecule has 2 unspecified atom stereocenters. The number of benzene rings is 1. The molecular weight excluding hydrogens is 261 g/mol. The van der Waals surface area contributed by atoms with Crippen molar-refractivity contribution in [1.82, 2.24) is 5.32 Å². The van der Waals surface area contributed by atoms with Crippen molar-refractivity contribution in [2.45, 2.75) is 32.4 Å². The lowest BCUT2D eigenvalue weighted by Gasteiger charge is -2.31. The molecule has 0 aliphatic carbocycles. The Morgan fingerprint density at radius 1 is 1.53 bits per heavy atom. The molecule has 0 amide bonds. The molecule has 1 aliphatic heterocycles. The first-order valence-corrected chi connectivity index (χ1v) is 8.06. The molecule has 0 bridgehead atoms. The van der Waals surface area contributed by atoms with Gasteiger partial charge in [-0.2, -0.15) is 11.8 Å². The smallest absolute Gasteiger partial charge is 0.126 e. The first-order chi connectivity index (χ1) is 9.22. The third-order valence-corrected chi connectivity index (χ3v) is 4.39. The first-order valence-electron chi connectivity index (χ1n) is 6.91. The molecule has 0 radical (unpaired) electrons. The predicted molar refractivity (Wildman–Crippen MR) is 79.2 cm³/mol. The van der Waals surface area contributed by atoms with Crippen LogP contribution in [0.5, 0.6) is 0 Å². The van der Waals surface area contributed by atoms with Crippen molar-refractivity contribution in [3.05, 3.63) is 35.1 Å². The van der Waals surface area contributed by atoms with Crippen LogP contribution in [0.2, 0.25) is 0 Å². The Morgan fingerprint density at radius 2 is 2.37 bits per heavy atom. The van der Waals surface area contributed by atoms with E-state index in [2.05, 4.69) is 12.2 Å². The third kappa shape index (κ3) is 3.94. The Hall–Kier alpha value is -0.580. The normalized spacial score (nSPS) is 21.3. The Labute approximate surface area is 119 Å². The molecule has 1 saturated heterocycles. The molecule has 2 rings (SSSR count). The van der Waals surface area contributed by atoms with Gasteiger partial charge in [-0.05, 0) is 37.1 Å².